The first-order valence-electron chi connectivity index (χ1n) is 7.55. The molecule has 3 rings (SSSR count). The van der Waals surface area contributed by atoms with Crippen LogP contribution in [0.1, 0.15) is 22.7 Å². The van der Waals surface area contributed by atoms with E-state index in [0.717, 1.165) is 10.6 Å². The molecule has 0 bridgehead atoms. The number of ether oxygens (including phenoxy) is 1. The summed E-state index contributed by atoms with van der Waals surface area (Å²) in [5, 5.41) is 4.96. The Morgan fingerprint density at radius 2 is 2.17 bits per heavy atom. The normalized spacial score (nSPS) is 19.6. The second kappa shape index (κ2) is 7.52. The summed E-state index contributed by atoms with van der Waals surface area (Å²) in [5.41, 5.74) is 5.92. The third-order valence-corrected chi connectivity index (χ3v) is 4.67. The first kappa shape index (κ1) is 16.6. The molecule has 2 heterocycles. The Balaban J connectivity index is 1.84. The van der Waals surface area contributed by atoms with Gasteiger partial charge in [-0.15, -0.1) is 11.3 Å². The van der Waals surface area contributed by atoms with Crippen molar-refractivity contribution < 1.29 is 14.3 Å². The minimum Gasteiger partial charge on any atom is -0.368 e. The Morgan fingerprint density at radius 1 is 1.38 bits per heavy atom. The fraction of sp³-hybridized carbons (Fsp3) is 0.312. The lowest BCUT2D eigenvalue weighted by atomic mass is 10.0. The van der Waals surface area contributed by atoms with E-state index in [0.29, 0.717) is 19.7 Å². The van der Waals surface area contributed by atoms with Crippen molar-refractivity contribution in [3.05, 3.63) is 52.5 Å². The first-order chi connectivity index (χ1) is 11.6. The Labute approximate surface area is 143 Å². The van der Waals surface area contributed by atoms with E-state index in [-0.39, 0.29) is 6.10 Å². The minimum absolute atomic E-state index is 0.189. The number of carbonyl (C=O) groups is 2. The van der Waals surface area contributed by atoms with Crippen molar-refractivity contribution in [3.8, 4) is 0 Å². The van der Waals surface area contributed by atoms with Crippen LogP contribution in [-0.4, -0.2) is 41.5 Å². The molecule has 3 N–H and O–H groups in total. The van der Waals surface area contributed by atoms with Crippen molar-refractivity contribution in [3.63, 3.8) is 0 Å². The Hall–Kier alpha value is -2.29. The molecule has 1 saturated heterocycles. The van der Waals surface area contributed by atoms with E-state index in [1.807, 2.05) is 40.6 Å². The van der Waals surface area contributed by atoms with Crippen molar-refractivity contribution in [2.24, 2.45) is 5.73 Å². The molecule has 7 nitrogen and oxygen atoms in total. The number of aromatic nitrogens is 1. The van der Waals surface area contributed by atoms with Crippen LogP contribution in [-0.2, 0) is 9.53 Å². The topological polar surface area (TPSA) is 97.5 Å². The van der Waals surface area contributed by atoms with Crippen LogP contribution in [0.4, 0.5) is 4.79 Å². The Bertz CT molecular complexity index is 693. The van der Waals surface area contributed by atoms with Gasteiger partial charge in [0.2, 0.25) is 5.91 Å². The van der Waals surface area contributed by atoms with Gasteiger partial charge in [0.05, 0.1) is 6.61 Å². The maximum atomic E-state index is 12.5. The summed E-state index contributed by atoms with van der Waals surface area (Å²) in [6.07, 6.45) is 1.54. The van der Waals surface area contributed by atoms with Crippen molar-refractivity contribution >= 4 is 23.3 Å². The summed E-state index contributed by atoms with van der Waals surface area (Å²) in [5.74, 6) is -0.437. The van der Waals surface area contributed by atoms with Crippen molar-refractivity contribution in [2.45, 2.75) is 12.1 Å². The quantitative estimate of drug-likeness (QED) is 0.873. The molecule has 1 fully saturated rings. The average molecular weight is 346 g/mol. The molecule has 3 amide bonds. The molecule has 126 valence electrons. The van der Waals surface area contributed by atoms with E-state index in [1.165, 1.54) is 11.3 Å². The van der Waals surface area contributed by atoms with Crippen molar-refractivity contribution in [1.29, 1.82) is 0 Å². The number of hydrogen-bond acceptors (Lipinski definition) is 6. The van der Waals surface area contributed by atoms with Gasteiger partial charge >= 0.3 is 6.03 Å². The van der Waals surface area contributed by atoms with Gasteiger partial charge in [-0.05, 0) is 5.56 Å². The molecule has 0 radical (unpaired) electrons. The average Bonchev–Trinajstić information content (AvgIpc) is 3.10. The van der Waals surface area contributed by atoms with Crippen LogP contribution in [0, 0.1) is 0 Å². The Morgan fingerprint density at radius 3 is 2.83 bits per heavy atom. The predicted molar refractivity (Wildman–Crippen MR) is 89.3 cm³/mol. The second-order valence-corrected chi connectivity index (χ2v) is 6.32. The molecule has 1 aliphatic heterocycles. The van der Waals surface area contributed by atoms with E-state index in [1.54, 1.807) is 6.20 Å². The second-order valence-electron chi connectivity index (χ2n) is 5.39. The lowest BCUT2D eigenvalue weighted by Gasteiger charge is -2.36. The molecule has 2 atom stereocenters. The van der Waals surface area contributed by atoms with Gasteiger partial charge in [-0.1, -0.05) is 30.3 Å². The monoisotopic (exact) mass is 346 g/mol. The maximum absolute atomic E-state index is 12.5. The number of rotatable bonds is 4. The van der Waals surface area contributed by atoms with Gasteiger partial charge < -0.3 is 10.5 Å². The highest BCUT2D eigenvalue weighted by molar-refractivity contribution is 7.09. The number of thiazole rings is 1. The van der Waals surface area contributed by atoms with Gasteiger partial charge in [0.15, 0.2) is 0 Å². The molecule has 0 spiro atoms. The van der Waals surface area contributed by atoms with Gasteiger partial charge in [0.1, 0.15) is 17.2 Å². The number of nitrogens with one attached hydrogen (secondary N) is 1. The summed E-state index contributed by atoms with van der Waals surface area (Å²) < 4.78 is 5.78. The number of primary amides is 1. The summed E-state index contributed by atoms with van der Waals surface area (Å²) in [7, 11) is 0. The van der Waals surface area contributed by atoms with Crippen LogP contribution < -0.4 is 11.1 Å². The van der Waals surface area contributed by atoms with Crippen LogP contribution in [0.5, 0.6) is 0 Å². The smallest absolute Gasteiger partial charge is 0.318 e. The van der Waals surface area contributed by atoms with Crippen molar-refractivity contribution in [2.75, 3.05) is 19.7 Å². The number of amides is 3. The summed E-state index contributed by atoms with van der Waals surface area (Å²) >= 11 is 1.52. The molecule has 24 heavy (non-hydrogen) atoms. The molecule has 0 aliphatic carbocycles. The van der Waals surface area contributed by atoms with Crippen molar-refractivity contribution in [1.82, 2.24) is 15.2 Å². The zero-order chi connectivity index (χ0) is 16.9. The van der Waals surface area contributed by atoms with Crippen LogP contribution in [0.2, 0.25) is 0 Å². The molecule has 1 aromatic heterocycles. The standard InChI is InChI=1S/C16H18N4O3S/c17-16(22)19-14(21)13(11-4-2-1-3-5-11)20-7-8-23-12(10-20)15-18-6-9-24-15/h1-6,9,12-13H,7-8,10H2,(H3,17,19,21,22)/t12-,13+/m1/s1. The number of morpholine rings is 1. The van der Waals surface area contributed by atoms with Crippen LogP contribution in [0.3, 0.4) is 0 Å². The van der Waals surface area contributed by atoms with E-state index in [9.17, 15) is 9.59 Å². The zero-order valence-corrected chi connectivity index (χ0v) is 13.7. The van der Waals surface area contributed by atoms with Gasteiger partial charge in [0, 0.05) is 24.7 Å². The summed E-state index contributed by atoms with van der Waals surface area (Å²) in [6.45, 7) is 1.57. The number of hydrogen-bond donors (Lipinski definition) is 2. The van der Waals surface area contributed by atoms with E-state index < -0.39 is 18.0 Å². The highest BCUT2D eigenvalue weighted by Crippen LogP contribution is 2.29. The number of urea groups is 1. The van der Waals surface area contributed by atoms with Gasteiger partial charge in [-0.3, -0.25) is 15.0 Å². The van der Waals surface area contributed by atoms with E-state index in [2.05, 4.69) is 10.3 Å². The number of carbonyl (C=O) groups excluding carboxylic acids is 2. The number of benzene rings is 1. The highest BCUT2D eigenvalue weighted by Gasteiger charge is 2.33. The Kier molecular flexibility index (Phi) is 5.19. The molecular formula is C16H18N4O3S. The third kappa shape index (κ3) is 3.78. The largest absolute Gasteiger partial charge is 0.368 e. The minimum atomic E-state index is -0.856. The fourth-order valence-corrected chi connectivity index (χ4v) is 3.48. The lowest BCUT2D eigenvalue weighted by Crippen LogP contribution is -2.48. The molecule has 1 aromatic carbocycles. The molecule has 1 aliphatic rings. The SMILES string of the molecule is NC(=O)NC(=O)[C@H](c1ccccc1)N1CCO[C@@H](c2nccs2)C1. The van der Waals surface area contributed by atoms with Crippen LogP contribution in [0.15, 0.2) is 41.9 Å². The van der Waals surface area contributed by atoms with E-state index >= 15 is 0 Å². The molecule has 2 aromatic rings. The van der Waals surface area contributed by atoms with Gasteiger partial charge in [-0.25, -0.2) is 9.78 Å². The zero-order valence-electron chi connectivity index (χ0n) is 12.9. The first-order valence-corrected chi connectivity index (χ1v) is 8.43. The molecule has 0 saturated carbocycles. The molecule has 0 unspecified atom stereocenters. The molecule has 8 heteroatoms. The number of nitrogens with zero attached hydrogens (tertiary/aromatic N) is 2. The fourth-order valence-electron chi connectivity index (χ4n) is 2.80. The van der Waals surface area contributed by atoms with Gasteiger partial charge in [0.25, 0.3) is 0 Å². The number of imide groups is 1. The molecular weight excluding hydrogens is 328 g/mol. The lowest BCUT2D eigenvalue weighted by molar-refractivity contribution is -0.129. The summed E-state index contributed by atoms with van der Waals surface area (Å²) in [4.78, 5) is 29.9. The summed E-state index contributed by atoms with van der Waals surface area (Å²) in [6, 6.07) is 7.86. The predicted octanol–water partition coefficient (Wildman–Crippen LogP) is 1.45. The van der Waals surface area contributed by atoms with Crippen LogP contribution >= 0.6 is 11.3 Å². The van der Waals surface area contributed by atoms with Crippen LogP contribution in [0.25, 0.3) is 0 Å². The van der Waals surface area contributed by atoms with Gasteiger partial charge in [-0.2, -0.15) is 0 Å². The number of nitrogens with two attached hydrogens (primary N) is 1. The third-order valence-electron chi connectivity index (χ3n) is 3.80. The highest BCUT2D eigenvalue weighted by atomic mass is 32.1. The maximum Gasteiger partial charge on any atom is 0.318 e. The van der Waals surface area contributed by atoms with E-state index in [4.69, 9.17) is 10.5 Å².